The van der Waals surface area contributed by atoms with Gasteiger partial charge in [-0.15, -0.1) is 0 Å². The Kier molecular flexibility index (Phi) is 6.35. The van der Waals surface area contributed by atoms with Crippen LogP contribution in [0.5, 0.6) is 5.75 Å². The van der Waals surface area contributed by atoms with E-state index in [2.05, 4.69) is 76.4 Å². The molecule has 0 radical (unpaired) electrons. The zero-order chi connectivity index (χ0) is 18.6. The Balaban J connectivity index is 2.60. The van der Waals surface area contributed by atoms with E-state index in [0.29, 0.717) is 5.75 Å². The molecule has 1 atom stereocenters. The standard InChI is InChI=1S/C22H32N2O/c1-7-18(17-11-9-8-10-12-17)19-13-20(25)22(24-15(4)5)21(16(19)6)23-14(2)3/h8-15,18,23-25H,7H2,1-6H3/t18-/m1/s1. The van der Waals surface area contributed by atoms with E-state index in [-0.39, 0.29) is 18.0 Å². The Morgan fingerprint density at radius 2 is 1.48 bits per heavy atom. The second-order valence-corrected chi connectivity index (χ2v) is 7.33. The Labute approximate surface area is 152 Å². The molecule has 0 saturated heterocycles. The van der Waals surface area contributed by atoms with E-state index in [0.717, 1.165) is 17.8 Å². The van der Waals surface area contributed by atoms with Crippen molar-refractivity contribution in [1.29, 1.82) is 0 Å². The van der Waals surface area contributed by atoms with E-state index in [1.807, 2.05) is 12.1 Å². The zero-order valence-electron chi connectivity index (χ0n) is 16.4. The average Bonchev–Trinajstić information content (AvgIpc) is 2.56. The molecule has 3 N–H and O–H groups in total. The minimum Gasteiger partial charge on any atom is -0.506 e. The Morgan fingerprint density at radius 3 is 2.00 bits per heavy atom. The van der Waals surface area contributed by atoms with Crippen LogP contribution in [0.15, 0.2) is 36.4 Å². The molecule has 136 valence electrons. The lowest BCUT2D eigenvalue weighted by Crippen LogP contribution is -2.18. The first-order chi connectivity index (χ1) is 11.8. The van der Waals surface area contributed by atoms with Crippen molar-refractivity contribution in [2.75, 3.05) is 10.6 Å². The molecule has 0 amide bonds. The minimum atomic E-state index is 0.250. The normalized spacial score (nSPS) is 12.5. The Hall–Kier alpha value is -2.16. The van der Waals surface area contributed by atoms with Gasteiger partial charge in [0.25, 0.3) is 0 Å². The molecular formula is C22H32N2O. The fourth-order valence-corrected chi connectivity index (χ4v) is 3.37. The molecule has 0 spiro atoms. The molecule has 0 aliphatic rings. The minimum absolute atomic E-state index is 0.250. The molecular weight excluding hydrogens is 308 g/mol. The van der Waals surface area contributed by atoms with Gasteiger partial charge >= 0.3 is 0 Å². The Bertz CT molecular complexity index is 693. The molecule has 0 aliphatic carbocycles. The number of phenolic OH excluding ortho intramolecular Hbond substituents is 1. The van der Waals surface area contributed by atoms with Crippen molar-refractivity contribution < 1.29 is 5.11 Å². The van der Waals surface area contributed by atoms with Gasteiger partial charge in [0, 0.05) is 18.0 Å². The summed E-state index contributed by atoms with van der Waals surface area (Å²) in [6, 6.07) is 13.0. The highest BCUT2D eigenvalue weighted by molar-refractivity contribution is 5.80. The van der Waals surface area contributed by atoms with Gasteiger partial charge < -0.3 is 15.7 Å². The topological polar surface area (TPSA) is 44.3 Å². The quantitative estimate of drug-likeness (QED) is 0.551. The number of hydrogen-bond acceptors (Lipinski definition) is 3. The maximum atomic E-state index is 10.7. The molecule has 2 rings (SSSR count). The van der Waals surface area contributed by atoms with Gasteiger partial charge in [-0.05, 0) is 63.8 Å². The molecule has 0 fully saturated rings. The predicted octanol–water partition coefficient (Wildman–Crippen LogP) is 5.88. The zero-order valence-corrected chi connectivity index (χ0v) is 16.4. The summed E-state index contributed by atoms with van der Waals surface area (Å²) in [5, 5.41) is 17.7. The first kappa shape index (κ1) is 19.2. The molecule has 0 bridgehead atoms. The van der Waals surface area contributed by atoms with E-state index in [4.69, 9.17) is 0 Å². The van der Waals surface area contributed by atoms with Gasteiger partial charge in [0.1, 0.15) is 11.4 Å². The Morgan fingerprint density at radius 1 is 0.920 bits per heavy atom. The summed E-state index contributed by atoms with van der Waals surface area (Å²) in [7, 11) is 0. The van der Waals surface area contributed by atoms with Gasteiger partial charge in [-0.1, -0.05) is 37.3 Å². The van der Waals surface area contributed by atoms with Crippen molar-refractivity contribution >= 4 is 11.4 Å². The van der Waals surface area contributed by atoms with Gasteiger partial charge in [-0.25, -0.2) is 0 Å². The highest BCUT2D eigenvalue weighted by Crippen LogP contribution is 2.42. The molecule has 0 aromatic heterocycles. The fourth-order valence-electron chi connectivity index (χ4n) is 3.37. The number of benzene rings is 2. The van der Waals surface area contributed by atoms with Crippen LogP contribution in [0.25, 0.3) is 0 Å². The predicted molar refractivity (Wildman–Crippen MR) is 109 cm³/mol. The summed E-state index contributed by atoms with van der Waals surface area (Å²) in [5.74, 6) is 0.583. The molecule has 0 saturated carbocycles. The van der Waals surface area contributed by atoms with Crippen molar-refractivity contribution in [2.24, 2.45) is 0 Å². The number of anilines is 2. The summed E-state index contributed by atoms with van der Waals surface area (Å²) in [4.78, 5) is 0. The molecule has 25 heavy (non-hydrogen) atoms. The highest BCUT2D eigenvalue weighted by atomic mass is 16.3. The molecule has 2 aromatic rings. The van der Waals surface area contributed by atoms with Crippen LogP contribution >= 0.6 is 0 Å². The first-order valence-corrected chi connectivity index (χ1v) is 9.29. The largest absolute Gasteiger partial charge is 0.506 e. The van der Waals surface area contributed by atoms with Crippen molar-refractivity contribution in [3.8, 4) is 5.75 Å². The van der Waals surface area contributed by atoms with Crippen LogP contribution in [-0.4, -0.2) is 17.2 Å². The lowest BCUT2D eigenvalue weighted by atomic mass is 9.85. The molecule has 0 unspecified atom stereocenters. The summed E-state index contributed by atoms with van der Waals surface area (Å²) in [6.07, 6.45) is 0.988. The summed E-state index contributed by atoms with van der Waals surface area (Å²) >= 11 is 0. The first-order valence-electron chi connectivity index (χ1n) is 9.29. The maximum Gasteiger partial charge on any atom is 0.141 e. The molecule has 0 aliphatic heterocycles. The lowest BCUT2D eigenvalue weighted by molar-refractivity contribution is 0.475. The average molecular weight is 341 g/mol. The van der Waals surface area contributed by atoms with Gasteiger partial charge in [-0.3, -0.25) is 0 Å². The van der Waals surface area contributed by atoms with E-state index in [1.54, 1.807) is 0 Å². The molecule has 2 aromatic carbocycles. The van der Waals surface area contributed by atoms with Crippen molar-refractivity contribution in [1.82, 2.24) is 0 Å². The lowest BCUT2D eigenvalue weighted by Gasteiger charge is -2.26. The van der Waals surface area contributed by atoms with Crippen molar-refractivity contribution in [3.63, 3.8) is 0 Å². The third-order valence-electron chi connectivity index (χ3n) is 4.46. The second kappa shape index (κ2) is 8.28. The number of hydrogen-bond donors (Lipinski definition) is 3. The summed E-state index contributed by atoms with van der Waals surface area (Å²) in [5.41, 5.74) is 5.47. The second-order valence-electron chi connectivity index (χ2n) is 7.33. The molecule has 3 nitrogen and oxygen atoms in total. The van der Waals surface area contributed by atoms with Gasteiger partial charge in [0.15, 0.2) is 0 Å². The van der Waals surface area contributed by atoms with Crippen molar-refractivity contribution in [3.05, 3.63) is 53.1 Å². The van der Waals surface area contributed by atoms with Crippen molar-refractivity contribution in [2.45, 2.75) is 66.0 Å². The van der Waals surface area contributed by atoms with Crippen LogP contribution in [-0.2, 0) is 0 Å². The van der Waals surface area contributed by atoms with Crippen LogP contribution in [0.3, 0.4) is 0 Å². The third-order valence-corrected chi connectivity index (χ3v) is 4.46. The van der Waals surface area contributed by atoms with Crippen LogP contribution in [0.2, 0.25) is 0 Å². The van der Waals surface area contributed by atoms with Crippen LogP contribution in [0, 0.1) is 6.92 Å². The molecule has 0 heterocycles. The maximum absolute atomic E-state index is 10.7. The van der Waals surface area contributed by atoms with Crippen LogP contribution in [0.4, 0.5) is 11.4 Å². The van der Waals surface area contributed by atoms with E-state index >= 15 is 0 Å². The number of aromatic hydroxyl groups is 1. The SMILES string of the molecule is CC[C@H](c1ccccc1)c1cc(O)c(NC(C)C)c(NC(C)C)c1C. The van der Waals surface area contributed by atoms with Gasteiger partial charge in [-0.2, -0.15) is 0 Å². The number of phenols is 1. The van der Waals surface area contributed by atoms with Crippen LogP contribution in [0.1, 0.15) is 63.6 Å². The van der Waals surface area contributed by atoms with Gasteiger partial charge in [0.2, 0.25) is 0 Å². The fraction of sp³-hybridized carbons (Fsp3) is 0.455. The van der Waals surface area contributed by atoms with E-state index < -0.39 is 0 Å². The van der Waals surface area contributed by atoms with Gasteiger partial charge in [0.05, 0.1) is 5.69 Å². The summed E-state index contributed by atoms with van der Waals surface area (Å²) < 4.78 is 0. The van der Waals surface area contributed by atoms with E-state index in [9.17, 15) is 5.11 Å². The number of nitrogens with one attached hydrogen (secondary N) is 2. The smallest absolute Gasteiger partial charge is 0.141 e. The third kappa shape index (κ3) is 4.47. The highest BCUT2D eigenvalue weighted by Gasteiger charge is 2.22. The number of rotatable bonds is 7. The molecule has 3 heteroatoms. The van der Waals surface area contributed by atoms with E-state index in [1.165, 1.54) is 16.7 Å². The monoisotopic (exact) mass is 340 g/mol. The summed E-state index contributed by atoms with van der Waals surface area (Å²) in [6.45, 7) is 12.8. The van der Waals surface area contributed by atoms with Crippen LogP contribution < -0.4 is 10.6 Å².